The minimum absolute atomic E-state index is 0.238. The van der Waals surface area contributed by atoms with Crippen molar-refractivity contribution in [1.29, 1.82) is 0 Å². The second-order valence-electron chi connectivity index (χ2n) is 4.74. The molecule has 0 fully saturated rings. The lowest BCUT2D eigenvalue weighted by Gasteiger charge is -2.19. The molecule has 0 amide bonds. The van der Waals surface area contributed by atoms with E-state index in [-0.39, 0.29) is 10.6 Å². The first-order valence-corrected chi connectivity index (χ1v) is 8.01. The lowest BCUT2D eigenvalue weighted by atomic mass is 10.2. The van der Waals surface area contributed by atoms with Gasteiger partial charge in [0.05, 0.1) is 16.3 Å². The van der Waals surface area contributed by atoms with Gasteiger partial charge < -0.3 is 4.90 Å². The van der Waals surface area contributed by atoms with E-state index in [2.05, 4.69) is 4.72 Å². The number of halogens is 3. The third kappa shape index (κ3) is 3.48. The van der Waals surface area contributed by atoms with Crippen LogP contribution >= 0.6 is 11.6 Å². The fourth-order valence-corrected chi connectivity index (χ4v) is 3.08. The number of sulfonamides is 1. The Bertz CT molecular complexity index is 810. The average molecular weight is 347 g/mol. The third-order valence-electron chi connectivity index (χ3n) is 2.89. The smallest absolute Gasteiger partial charge is 0.262 e. The van der Waals surface area contributed by atoms with Gasteiger partial charge in [0.25, 0.3) is 10.0 Å². The summed E-state index contributed by atoms with van der Waals surface area (Å²) in [4.78, 5) is 1.32. The van der Waals surface area contributed by atoms with Crippen molar-refractivity contribution in [3.63, 3.8) is 0 Å². The molecule has 8 heteroatoms. The fourth-order valence-electron chi connectivity index (χ4n) is 1.83. The number of hydrogen-bond acceptors (Lipinski definition) is 3. The molecule has 2 aromatic carbocycles. The van der Waals surface area contributed by atoms with Crippen LogP contribution in [-0.4, -0.2) is 22.5 Å². The van der Waals surface area contributed by atoms with Gasteiger partial charge in [-0.15, -0.1) is 0 Å². The van der Waals surface area contributed by atoms with E-state index in [1.165, 1.54) is 6.07 Å². The van der Waals surface area contributed by atoms with Gasteiger partial charge in [-0.1, -0.05) is 11.6 Å². The van der Waals surface area contributed by atoms with Gasteiger partial charge in [-0.3, -0.25) is 4.72 Å². The zero-order valence-electron chi connectivity index (χ0n) is 11.8. The highest BCUT2D eigenvalue weighted by molar-refractivity contribution is 7.92. The van der Waals surface area contributed by atoms with Crippen molar-refractivity contribution >= 4 is 33.0 Å². The average Bonchev–Trinajstić information content (AvgIpc) is 2.41. The van der Waals surface area contributed by atoms with Gasteiger partial charge in [-0.25, -0.2) is 17.2 Å². The standard InChI is InChI=1S/C14H13ClF2N2O2S/c1-19(2)14-6-3-9(15)7-13(14)18-22(20,21)10-4-5-11(16)12(17)8-10/h3-8,18H,1-2H3. The largest absolute Gasteiger partial charge is 0.376 e. The Morgan fingerprint density at radius 1 is 1.05 bits per heavy atom. The molecule has 0 saturated heterocycles. The van der Waals surface area contributed by atoms with Crippen LogP contribution in [0.25, 0.3) is 0 Å². The lowest BCUT2D eigenvalue weighted by Crippen LogP contribution is -2.17. The summed E-state index contributed by atoms with van der Waals surface area (Å²) in [6.07, 6.45) is 0. The Labute approximate surface area is 132 Å². The zero-order chi connectivity index (χ0) is 16.5. The molecule has 0 aliphatic heterocycles. The molecule has 0 saturated carbocycles. The minimum Gasteiger partial charge on any atom is -0.376 e. The summed E-state index contributed by atoms with van der Waals surface area (Å²) in [5, 5.41) is 0.341. The van der Waals surface area contributed by atoms with E-state index in [0.717, 1.165) is 12.1 Å². The van der Waals surface area contributed by atoms with E-state index in [9.17, 15) is 17.2 Å². The van der Waals surface area contributed by atoms with Crippen molar-refractivity contribution in [1.82, 2.24) is 0 Å². The summed E-state index contributed by atoms with van der Waals surface area (Å²) < 4.78 is 53.1. The van der Waals surface area contributed by atoms with E-state index in [4.69, 9.17) is 11.6 Å². The molecule has 0 bridgehead atoms. The molecule has 0 atom stereocenters. The Hall–Kier alpha value is -1.86. The van der Waals surface area contributed by atoms with Crippen LogP contribution in [0.3, 0.4) is 0 Å². The van der Waals surface area contributed by atoms with Crippen molar-refractivity contribution in [3.8, 4) is 0 Å². The molecule has 2 aromatic rings. The van der Waals surface area contributed by atoms with Gasteiger partial charge >= 0.3 is 0 Å². The Morgan fingerprint density at radius 2 is 1.73 bits per heavy atom. The first-order chi connectivity index (χ1) is 10.2. The molecule has 0 heterocycles. The van der Waals surface area contributed by atoms with Crippen molar-refractivity contribution in [2.45, 2.75) is 4.90 Å². The van der Waals surface area contributed by atoms with Gasteiger partial charge in [0.1, 0.15) is 0 Å². The van der Waals surface area contributed by atoms with Crippen LogP contribution in [0.15, 0.2) is 41.3 Å². The summed E-state index contributed by atoms with van der Waals surface area (Å²) in [5.41, 5.74) is 0.817. The number of nitrogens with one attached hydrogen (secondary N) is 1. The maximum atomic E-state index is 13.2. The maximum absolute atomic E-state index is 13.2. The third-order valence-corrected chi connectivity index (χ3v) is 4.48. The van der Waals surface area contributed by atoms with Crippen LogP contribution in [-0.2, 0) is 10.0 Å². The van der Waals surface area contributed by atoms with E-state index < -0.39 is 21.7 Å². The highest BCUT2D eigenvalue weighted by atomic mass is 35.5. The predicted molar refractivity (Wildman–Crippen MR) is 82.9 cm³/mol. The molecule has 0 radical (unpaired) electrons. The molecule has 4 nitrogen and oxygen atoms in total. The van der Waals surface area contributed by atoms with Gasteiger partial charge in [-0.2, -0.15) is 0 Å². The summed E-state index contributed by atoms with van der Waals surface area (Å²) in [6.45, 7) is 0. The summed E-state index contributed by atoms with van der Waals surface area (Å²) >= 11 is 5.88. The summed E-state index contributed by atoms with van der Waals surface area (Å²) in [7, 11) is -0.598. The zero-order valence-corrected chi connectivity index (χ0v) is 13.3. The lowest BCUT2D eigenvalue weighted by molar-refractivity contribution is 0.504. The van der Waals surface area contributed by atoms with E-state index in [1.54, 1.807) is 31.1 Å². The molecule has 0 spiro atoms. The maximum Gasteiger partial charge on any atom is 0.262 e. The first-order valence-electron chi connectivity index (χ1n) is 6.15. The highest BCUT2D eigenvalue weighted by Crippen LogP contribution is 2.30. The quantitative estimate of drug-likeness (QED) is 0.922. The van der Waals surface area contributed by atoms with Crippen LogP contribution in [0.5, 0.6) is 0 Å². The van der Waals surface area contributed by atoms with Crippen molar-refractivity contribution < 1.29 is 17.2 Å². The number of anilines is 2. The van der Waals surface area contributed by atoms with E-state index >= 15 is 0 Å². The van der Waals surface area contributed by atoms with Crippen LogP contribution < -0.4 is 9.62 Å². The second-order valence-corrected chi connectivity index (χ2v) is 6.86. The van der Waals surface area contributed by atoms with Gasteiger partial charge in [-0.05, 0) is 36.4 Å². The molecule has 0 unspecified atom stereocenters. The van der Waals surface area contributed by atoms with Crippen LogP contribution in [0.1, 0.15) is 0 Å². The molecule has 0 aromatic heterocycles. The van der Waals surface area contributed by atoms with E-state index in [0.29, 0.717) is 16.8 Å². The van der Waals surface area contributed by atoms with Gasteiger partial charge in [0, 0.05) is 19.1 Å². The summed E-state index contributed by atoms with van der Waals surface area (Å²) in [5.74, 6) is -2.35. The molecule has 1 N–H and O–H groups in total. The van der Waals surface area contributed by atoms with E-state index in [1.807, 2.05) is 0 Å². The number of hydrogen-bond donors (Lipinski definition) is 1. The van der Waals surface area contributed by atoms with Crippen molar-refractivity contribution in [3.05, 3.63) is 53.1 Å². The Balaban J connectivity index is 2.44. The van der Waals surface area contributed by atoms with Crippen molar-refractivity contribution in [2.75, 3.05) is 23.7 Å². The Kier molecular flexibility index (Phi) is 4.58. The number of nitrogens with zero attached hydrogens (tertiary/aromatic N) is 1. The first kappa shape index (κ1) is 16.5. The highest BCUT2D eigenvalue weighted by Gasteiger charge is 2.19. The topological polar surface area (TPSA) is 49.4 Å². The molecule has 2 rings (SSSR count). The second kappa shape index (κ2) is 6.10. The Morgan fingerprint density at radius 3 is 2.32 bits per heavy atom. The van der Waals surface area contributed by atoms with Crippen LogP contribution in [0.2, 0.25) is 5.02 Å². The fraction of sp³-hybridized carbons (Fsp3) is 0.143. The number of rotatable bonds is 4. The molecule has 0 aliphatic rings. The monoisotopic (exact) mass is 346 g/mol. The normalized spacial score (nSPS) is 11.3. The molecule has 118 valence electrons. The summed E-state index contributed by atoms with van der Waals surface area (Å²) in [6, 6.07) is 7.07. The number of benzene rings is 2. The predicted octanol–water partition coefficient (Wildman–Crippen LogP) is 3.49. The van der Waals surface area contributed by atoms with Crippen molar-refractivity contribution in [2.24, 2.45) is 0 Å². The molecule has 22 heavy (non-hydrogen) atoms. The van der Waals surface area contributed by atoms with Gasteiger partial charge in [0.15, 0.2) is 11.6 Å². The van der Waals surface area contributed by atoms with Crippen LogP contribution in [0.4, 0.5) is 20.2 Å². The molecular weight excluding hydrogens is 334 g/mol. The minimum atomic E-state index is -4.07. The molecule has 0 aliphatic carbocycles. The van der Waals surface area contributed by atoms with Gasteiger partial charge in [0.2, 0.25) is 0 Å². The SMILES string of the molecule is CN(C)c1ccc(Cl)cc1NS(=O)(=O)c1ccc(F)c(F)c1. The molecular formula is C14H13ClF2N2O2S. The van der Waals surface area contributed by atoms with Crippen LogP contribution in [0, 0.1) is 11.6 Å².